The SMILES string of the molecule is OBOc1ccc2oc3c(ccc4c5cc6ccccc6cc5oc43)c2c1. The van der Waals surface area contributed by atoms with Crippen molar-refractivity contribution in [3.05, 3.63) is 66.7 Å². The monoisotopic (exact) mass is 352 g/mol. The Balaban J connectivity index is 1.72. The second-order valence-electron chi connectivity index (χ2n) is 6.65. The van der Waals surface area contributed by atoms with Gasteiger partial charge in [0.1, 0.15) is 16.9 Å². The predicted molar refractivity (Wildman–Crippen MR) is 108 cm³/mol. The van der Waals surface area contributed by atoms with Gasteiger partial charge in [0.15, 0.2) is 11.2 Å². The van der Waals surface area contributed by atoms with E-state index in [1.807, 2.05) is 24.3 Å². The highest BCUT2D eigenvalue weighted by Gasteiger charge is 2.16. The highest BCUT2D eigenvalue weighted by atomic mass is 16.5. The predicted octanol–water partition coefficient (Wildman–Crippen LogP) is 5.28. The Morgan fingerprint density at radius 2 is 1.33 bits per heavy atom. The first-order valence-electron chi connectivity index (χ1n) is 8.76. The second-order valence-corrected chi connectivity index (χ2v) is 6.65. The summed E-state index contributed by atoms with van der Waals surface area (Å²) in [5, 5.41) is 15.3. The molecule has 0 fully saturated rings. The fourth-order valence-corrected chi connectivity index (χ4v) is 3.90. The van der Waals surface area contributed by atoms with E-state index in [0.717, 1.165) is 49.3 Å². The summed E-state index contributed by atoms with van der Waals surface area (Å²) in [5.41, 5.74) is 3.08. The van der Waals surface area contributed by atoms with E-state index in [1.165, 1.54) is 5.39 Å². The van der Waals surface area contributed by atoms with Crippen molar-refractivity contribution in [2.24, 2.45) is 0 Å². The maximum Gasteiger partial charge on any atom is 0.504 e. The summed E-state index contributed by atoms with van der Waals surface area (Å²) in [7, 11) is -0.358. The molecule has 2 aromatic heterocycles. The molecule has 4 aromatic carbocycles. The van der Waals surface area contributed by atoms with E-state index < -0.39 is 0 Å². The zero-order chi connectivity index (χ0) is 18.0. The molecule has 128 valence electrons. The van der Waals surface area contributed by atoms with Crippen molar-refractivity contribution in [3.63, 3.8) is 0 Å². The van der Waals surface area contributed by atoms with Crippen LogP contribution in [-0.2, 0) is 0 Å². The summed E-state index contributed by atoms with van der Waals surface area (Å²) in [5.74, 6) is 0.601. The maximum absolute atomic E-state index is 9.00. The van der Waals surface area contributed by atoms with Crippen LogP contribution in [0.5, 0.6) is 5.75 Å². The minimum atomic E-state index is -0.358. The van der Waals surface area contributed by atoms with Crippen LogP contribution < -0.4 is 4.65 Å². The van der Waals surface area contributed by atoms with E-state index in [4.69, 9.17) is 18.5 Å². The van der Waals surface area contributed by atoms with Crippen LogP contribution in [0.2, 0.25) is 0 Å². The molecule has 6 aromatic rings. The largest absolute Gasteiger partial charge is 0.539 e. The van der Waals surface area contributed by atoms with E-state index in [0.29, 0.717) is 5.75 Å². The van der Waals surface area contributed by atoms with Crippen molar-refractivity contribution in [2.75, 3.05) is 0 Å². The Morgan fingerprint density at radius 3 is 2.07 bits per heavy atom. The lowest BCUT2D eigenvalue weighted by Crippen LogP contribution is -1.98. The van der Waals surface area contributed by atoms with Crippen molar-refractivity contribution in [2.45, 2.75) is 0 Å². The number of hydrogen-bond acceptors (Lipinski definition) is 4. The van der Waals surface area contributed by atoms with Crippen LogP contribution in [0.1, 0.15) is 0 Å². The topological polar surface area (TPSA) is 55.7 Å². The second kappa shape index (κ2) is 5.28. The molecule has 27 heavy (non-hydrogen) atoms. The molecule has 1 N–H and O–H groups in total. The number of benzene rings is 4. The van der Waals surface area contributed by atoms with E-state index in [1.54, 1.807) is 6.07 Å². The standard InChI is InChI=1S/C22H13BO4/c24-23-27-14-5-8-19-18(11-14)16-7-6-15-17-9-12-3-1-2-4-13(12)10-20(17)26-22(15)21(16)25-19/h1-11,23-24H. The Morgan fingerprint density at radius 1 is 0.667 bits per heavy atom. The Labute approximate surface area is 153 Å². The van der Waals surface area contributed by atoms with Gasteiger partial charge in [0.25, 0.3) is 0 Å². The lowest BCUT2D eigenvalue weighted by atomic mass is 10.1. The molecule has 0 unspecified atom stereocenters. The van der Waals surface area contributed by atoms with E-state index in [2.05, 4.69) is 36.4 Å². The summed E-state index contributed by atoms with van der Waals surface area (Å²) in [6.07, 6.45) is 0. The minimum absolute atomic E-state index is 0.358. The van der Waals surface area contributed by atoms with Gasteiger partial charge in [-0.25, -0.2) is 0 Å². The van der Waals surface area contributed by atoms with Gasteiger partial charge in [0.2, 0.25) is 0 Å². The van der Waals surface area contributed by atoms with Gasteiger partial charge in [-0.1, -0.05) is 24.3 Å². The van der Waals surface area contributed by atoms with Crippen LogP contribution in [-0.4, -0.2) is 12.7 Å². The molecule has 6 rings (SSSR count). The van der Waals surface area contributed by atoms with E-state index >= 15 is 0 Å². The Kier molecular flexibility index (Phi) is 2.88. The van der Waals surface area contributed by atoms with Gasteiger partial charge in [-0.2, -0.15) is 0 Å². The van der Waals surface area contributed by atoms with Gasteiger partial charge in [-0.05, 0) is 53.2 Å². The molecule has 0 aliphatic heterocycles. The Bertz CT molecular complexity index is 1490. The van der Waals surface area contributed by atoms with Crippen molar-refractivity contribution in [1.82, 2.24) is 0 Å². The lowest BCUT2D eigenvalue weighted by molar-refractivity contribution is 0.454. The fourth-order valence-electron chi connectivity index (χ4n) is 3.90. The fraction of sp³-hybridized carbons (Fsp3) is 0. The van der Waals surface area contributed by atoms with E-state index in [9.17, 15) is 0 Å². The third-order valence-corrected chi connectivity index (χ3v) is 5.15. The molecule has 0 spiro atoms. The molecule has 0 saturated heterocycles. The summed E-state index contributed by atoms with van der Waals surface area (Å²) < 4.78 is 17.5. The molecule has 0 aliphatic rings. The van der Waals surface area contributed by atoms with Crippen LogP contribution in [0.25, 0.3) is 54.6 Å². The quantitative estimate of drug-likeness (QED) is 0.431. The molecule has 0 radical (unpaired) electrons. The number of furan rings is 2. The molecule has 5 heteroatoms. The molecule has 2 heterocycles. The van der Waals surface area contributed by atoms with Crippen molar-refractivity contribution in [3.8, 4) is 5.75 Å². The van der Waals surface area contributed by atoms with Crippen molar-refractivity contribution in [1.29, 1.82) is 0 Å². The summed E-state index contributed by atoms with van der Waals surface area (Å²) in [4.78, 5) is 0. The van der Waals surface area contributed by atoms with Gasteiger partial charge < -0.3 is 18.5 Å². The molecule has 4 nitrogen and oxygen atoms in total. The third-order valence-electron chi connectivity index (χ3n) is 5.15. The lowest BCUT2D eigenvalue weighted by Gasteiger charge is -2.00. The average molecular weight is 352 g/mol. The van der Waals surface area contributed by atoms with Crippen molar-refractivity contribution < 1.29 is 18.5 Å². The summed E-state index contributed by atoms with van der Waals surface area (Å²) >= 11 is 0. The molecule has 0 saturated carbocycles. The van der Waals surface area contributed by atoms with E-state index in [-0.39, 0.29) is 7.69 Å². The van der Waals surface area contributed by atoms with Crippen LogP contribution in [0, 0.1) is 0 Å². The first-order chi connectivity index (χ1) is 13.3. The van der Waals surface area contributed by atoms with Crippen LogP contribution >= 0.6 is 0 Å². The zero-order valence-corrected chi connectivity index (χ0v) is 14.2. The third kappa shape index (κ3) is 2.03. The number of rotatable bonds is 2. The summed E-state index contributed by atoms with van der Waals surface area (Å²) in [6, 6.07) is 22.1. The van der Waals surface area contributed by atoms with Gasteiger partial charge in [0, 0.05) is 21.5 Å². The number of hydrogen-bond donors (Lipinski definition) is 1. The molecule has 0 amide bonds. The molecular formula is C22H13BO4. The maximum atomic E-state index is 9.00. The summed E-state index contributed by atoms with van der Waals surface area (Å²) in [6.45, 7) is 0. The smallest absolute Gasteiger partial charge is 0.504 e. The zero-order valence-electron chi connectivity index (χ0n) is 14.2. The average Bonchev–Trinajstić information content (AvgIpc) is 3.24. The molecular weight excluding hydrogens is 339 g/mol. The van der Waals surface area contributed by atoms with Crippen molar-refractivity contribution >= 4 is 62.3 Å². The molecule has 0 bridgehead atoms. The Hall–Kier alpha value is -3.44. The molecule has 0 aliphatic carbocycles. The first-order valence-corrected chi connectivity index (χ1v) is 8.76. The van der Waals surface area contributed by atoms with Crippen LogP contribution in [0.3, 0.4) is 0 Å². The van der Waals surface area contributed by atoms with Gasteiger partial charge >= 0.3 is 7.69 Å². The van der Waals surface area contributed by atoms with Gasteiger partial charge in [0.05, 0.1) is 0 Å². The normalized spacial score (nSPS) is 11.9. The first kappa shape index (κ1) is 14.7. The van der Waals surface area contributed by atoms with Crippen LogP contribution in [0.4, 0.5) is 0 Å². The number of fused-ring (bicyclic) bond motifs is 8. The van der Waals surface area contributed by atoms with Gasteiger partial charge in [-0.15, -0.1) is 0 Å². The van der Waals surface area contributed by atoms with Crippen LogP contribution in [0.15, 0.2) is 75.6 Å². The highest BCUT2D eigenvalue weighted by Crippen LogP contribution is 2.40. The van der Waals surface area contributed by atoms with Gasteiger partial charge in [-0.3, -0.25) is 0 Å². The molecule has 0 atom stereocenters. The highest BCUT2D eigenvalue weighted by molar-refractivity contribution is 6.20. The minimum Gasteiger partial charge on any atom is -0.539 e.